The maximum Gasteiger partial charge on any atom is 0.159 e. The van der Waals surface area contributed by atoms with Gasteiger partial charge in [-0.25, -0.2) is 4.39 Å². The number of thioether (sulfide) groups is 1. The van der Waals surface area contributed by atoms with E-state index >= 15 is 0 Å². The number of rotatable bonds is 3. The Balaban J connectivity index is 2.20. The fourth-order valence-electron chi connectivity index (χ4n) is 1.53. The molecule has 19 heavy (non-hydrogen) atoms. The number of nitrogen functional groups attached to an aromatic ring is 2. The summed E-state index contributed by atoms with van der Waals surface area (Å²) in [5.74, 6) is -0.00318. The van der Waals surface area contributed by atoms with Crippen LogP contribution < -0.4 is 11.5 Å². The largest absolute Gasteiger partial charge is 0.398 e. The van der Waals surface area contributed by atoms with Gasteiger partial charge in [0.1, 0.15) is 5.02 Å². The van der Waals surface area contributed by atoms with Crippen molar-refractivity contribution in [3.8, 4) is 0 Å². The summed E-state index contributed by atoms with van der Waals surface area (Å²) >= 11 is 12.8. The lowest BCUT2D eigenvalue weighted by Gasteiger charge is -2.10. The molecule has 0 aliphatic heterocycles. The molecule has 0 saturated heterocycles. The first-order chi connectivity index (χ1) is 8.99. The summed E-state index contributed by atoms with van der Waals surface area (Å²) in [6.45, 7) is 0. The second-order valence-electron chi connectivity index (χ2n) is 3.93. The highest BCUT2D eigenvalue weighted by molar-refractivity contribution is 7.98. The first kappa shape index (κ1) is 14.3. The van der Waals surface area contributed by atoms with Crippen molar-refractivity contribution in [2.45, 2.75) is 10.6 Å². The predicted molar refractivity (Wildman–Crippen MR) is 81.2 cm³/mol. The van der Waals surface area contributed by atoms with Crippen LogP contribution >= 0.6 is 35.0 Å². The van der Waals surface area contributed by atoms with E-state index in [-0.39, 0.29) is 10.7 Å². The molecule has 100 valence electrons. The Morgan fingerprint density at radius 3 is 2.32 bits per heavy atom. The van der Waals surface area contributed by atoms with Gasteiger partial charge in [0.25, 0.3) is 0 Å². The molecule has 0 radical (unpaired) electrons. The normalized spacial score (nSPS) is 10.7. The molecule has 0 amide bonds. The lowest BCUT2D eigenvalue weighted by atomic mass is 10.2. The maximum absolute atomic E-state index is 14.0. The van der Waals surface area contributed by atoms with Gasteiger partial charge in [-0.2, -0.15) is 0 Å². The number of hydrogen-bond donors (Lipinski definition) is 2. The quantitative estimate of drug-likeness (QED) is 0.643. The molecule has 6 heteroatoms. The van der Waals surface area contributed by atoms with Crippen LogP contribution in [0.3, 0.4) is 0 Å². The van der Waals surface area contributed by atoms with E-state index in [1.165, 1.54) is 17.8 Å². The summed E-state index contributed by atoms with van der Waals surface area (Å²) in [4.78, 5) is 0.314. The molecular weight excluding hydrogens is 306 g/mol. The van der Waals surface area contributed by atoms with E-state index in [1.807, 2.05) is 12.1 Å². The fraction of sp³-hybridized carbons (Fsp3) is 0.0769. The maximum atomic E-state index is 14.0. The van der Waals surface area contributed by atoms with E-state index < -0.39 is 5.82 Å². The van der Waals surface area contributed by atoms with Crippen LogP contribution in [0.5, 0.6) is 0 Å². The van der Waals surface area contributed by atoms with Crippen molar-refractivity contribution in [1.29, 1.82) is 0 Å². The van der Waals surface area contributed by atoms with E-state index in [2.05, 4.69) is 0 Å². The minimum absolute atomic E-state index is 0.0900. The van der Waals surface area contributed by atoms with Gasteiger partial charge in [0.05, 0.1) is 16.3 Å². The van der Waals surface area contributed by atoms with Crippen LogP contribution in [0.4, 0.5) is 15.8 Å². The highest BCUT2D eigenvalue weighted by Gasteiger charge is 2.14. The molecule has 0 saturated carbocycles. The van der Waals surface area contributed by atoms with E-state index in [0.29, 0.717) is 21.4 Å². The monoisotopic (exact) mass is 316 g/mol. The zero-order valence-corrected chi connectivity index (χ0v) is 12.1. The van der Waals surface area contributed by atoms with Gasteiger partial charge in [0.15, 0.2) is 5.82 Å². The van der Waals surface area contributed by atoms with Gasteiger partial charge in [-0.15, -0.1) is 11.8 Å². The molecule has 2 aromatic rings. The minimum atomic E-state index is -0.571. The van der Waals surface area contributed by atoms with Crippen molar-refractivity contribution in [3.63, 3.8) is 0 Å². The van der Waals surface area contributed by atoms with E-state index in [1.54, 1.807) is 12.1 Å². The molecule has 0 unspecified atom stereocenters. The molecule has 2 rings (SSSR count). The SMILES string of the molecule is Nc1cc(N)c(SCc2ccc(Cl)cc2)c(F)c1Cl. The molecule has 0 bridgehead atoms. The Labute approximate surface area is 124 Å². The molecule has 0 atom stereocenters. The molecule has 4 N–H and O–H groups in total. The molecule has 0 fully saturated rings. The molecule has 0 aliphatic rings. The van der Waals surface area contributed by atoms with Crippen molar-refractivity contribution in [1.82, 2.24) is 0 Å². The van der Waals surface area contributed by atoms with Gasteiger partial charge in [-0.3, -0.25) is 0 Å². The van der Waals surface area contributed by atoms with Gasteiger partial charge in [-0.1, -0.05) is 35.3 Å². The molecule has 2 nitrogen and oxygen atoms in total. The van der Waals surface area contributed by atoms with Crippen LogP contribution in [0, 0.1) is 5.82 Å². The topological polar surface area (TPSA) is 52.0 Å². The summed E-state index contributed by atoms with van der Waals surface area (Å²) in [6.07, 6.45) is 0. The Bertz CT molecular complexity index is 603. The molecular formula is C13H11Cl2FN2S. The Kier molecular flexibility index (Phi) is 4.45. The summed E-state index contributed by atoms with van der Waals surface area (Å²) in [7, 11) is 0. The average Bonchev–Trinajstić information content (AvgIpc) is 2.38. The molecule has 0 heterocycles. The lowest BCUT2D eigenvalue weighted by molar-refractivity contribution is 0.604. The third-order valence-electron chi connectivity index (χ3n) is 2.52. The highest BCUT2D eigenvalue weighted by Crippen LogP contribution is 2.37. The minimum Gasteiger partial charge on any atom is -0.398 e. The number of hydrogen-bond acceptors (Lipinski definition) is 3. The zero-order chi connectivity index (χ0) is 14.0. The number of halogens is 3. The summed E-state index contributed by atoms with van der Waals surface area (Å²) in [6, 6.07) is 8.79. The zero-order valence-electron chi connectivity index (χ0n) is 9.79. The van der Waals surface area contributed by atoms with Gasteiger partial charge in [0.2, 0.25) is 0 Å². The number of benzene rings is 2. The first-order valence-corrected chi connectivity index (χ1v) is 7.13. The van der Waals surface area contributed by atoms with Gasteiger partial charge in [-0.05, 0) is 23.8 Å². The highest BCUT2D eigenvalue weighted by atomic mass is 35.5. The third kappa shape index (κ3) is 3.26. The number of anilines is 2. The van der Waals surface area contributed by atoms with Gasteiger partial charge in [0, 0.05) is 10.8 Å². The molecule has 0 aromatic heterocycles. The molecule has 0 spiro atoms. The van der Waals surface area contributed by atoms with Crippen molar-refractivity contribution >= 4 is 46.3 Å². The Morgan fingerprint density at radius 2 is 1.68 bits per heavy atom. The van der Waals surface area contributed by atoms with Gasteiger partial charge >= 0.3 is 0 Å². The van der Waals surface area contributed by atoms with Crippen molar-refractivity contribution in [2.75, 3.05) is 11.5 Å². The third-order valence-corrected chi connectivity index (χ3v) is 4.33. The lowest BCUT2D eigenvalue weighted by Crippen LogP contribution is -1.98. The Morgan fingerprint density at radius 1 is 1.05 bits per heavy atom. The average molecular weight is 317 g/mol. The van der Waals surface area contributed by atoms with Gasteiger partial charge < -0.3 is 11.5 Å². The Hall–Kier alpha value is -1.10. The smallest absolute Gasteiger partial charge is 0.159 e. The second kappa shape index (κ2) is 5.90. The second-order valence-corrected chi connectivity index (χ2v) is 5.73. The van der Waals surface area contributed by atoms with Crippen LogP contribution in [0.2, 0.25) is 10.0 Å². The van der Waals surface area contributed by atoms with E-state index in [9.17, 15) is 4.39 Å². The van der Waals surface area contributed by atoms with E-state index in [0.717, 1.165) is 5.56 Å². The van der Waals surface area contributed by atoms with Crippen molar-refractivity contribution < 1.29 is 4.39 Å². The summed E-state index contributed by atoms with van der Waals surface area (Å²) in [5, 5.41) is 0.572. The van der Waals surface area contributed by atoms with Crippen molar-refractivity contribution in [3.05, 3.63) is 51.8 Å². The van der Waals surface area contributed by atoms with E-state index in [4.69, 9.17) is 34.7 Å². The van der Waals surface area contributed by atoms with Crippen LogP contribution in [-0.2, 0) is 5.75 Å². The fourth-order valence-corrected chi connectivity index (χ4v) is 2.82. The van der Waals surface area contributed by atoms with Crippen LogP contribution in [0.15, 0.2) is 35.2 Å². The van der Waals surface area contributed by atoms with Crippen LogP contribution in [-0.4, -0.2) is 0 Å². The predicted octanol–water partition coefficient (Wildman–Crippen LogP) is 4.59. The van der Waals surface area contributed by atoms with Crippen molar-refractivity contribution in [2.24, 2.45) is 0 Å². The van der Waals surface area contributed by atoms with Crippen LogP contribution in [0.25, 0.3) is 0 Å². The molecule has 2 aromatic carbocycles. The summed E-state index contributed by atoms with van der Waals surface area (Å²) < 4.78 is 14.0. The first-order valence-electron chi connectivity index (χ1n) is 5.39. The van der Waals surface area contributed by atoms with Crippen LogP contribution in [0.1, 0.15) is 5.56 Å². The summed E-state index contributed by atoms with van der Waals surface area (Å²) in [5.41, 5.74) is 12.7. The molecule has 0 aliphatic carbocycles. The number of nitrogens with two attached hydrogens (primary N) is 2. The standard InChI is InChI=1S/C13H11Cl2FN2S/c14-8-3-1-7(2-4-8)6-19-13-10(18)5-9(17)11(15)12(13)16/h1-5H,6,17-18H2.